The number of nitrogens with two attached hydrogens (primary N) is 1. The van der Waals surface area contributed by atoms with Crippen molar-refractivity contribution in [3.63, 3.8) is 0 Å². The van der Waals surface area contributed by atoms with Crippen molar-refractivity contribution < 1.29 is 23.1 Å². The van der Waals surface area contributed by atoms with E-state index in [1.165, 1.54) is 18.3 Å². The minimum absolute atomic E-state index is 0.00730. The molecule has 2 atom stereocenters. The predicted molar refractivity (Wildman–Crippen MR) is 127 cm³/mol. The summed E-state index contributed by atoms with van der Waals surface area (Å²) in [4.78, 5) is 22.4. The number of aromatic nitrogens is 3. The van der Waals surface area contributed by atoms with Gasteiger partial charge in [0.2, 0.25) is 5.95 Å². The van der Waals surface area contributed by atoms with E-state index in [0.717, 1.165) is 44.8 Å². The molecule has 1 aliphatic carbocycles. The molecule has 190 valence electrons. The third-order valence-corrected chi connectivity index (χ3v) is 6.38. The number of aromatic carboxylic acids is 1. The summed E-state index contributed by atoms with van der Waals surface area (Å²) in [5.74, 6) is -1.23. The van der Waals surface area contributed by atoms with Crippen LogP contribution in [-0.2, 0) is 6.18 Å². The van der Waals surface area contributed by atoms with Crippen LogP contribution >= 0.6 is 0 Å². The fourth-order valence-electron chi connectivity index (χ4n) is 4.61. The smallest absolute Gasteiger partial charge is 0.419 e. The summed E-state index contributed by atoms with van der Waals surface area (Å²) >= 11 is 0. The van der Waals surface area contributed by atoms with Crippen molar-refractivity contribution in [3.8, 4) is 17.3 Å². The lowest BCUT2D eigenvalue weighted by Gasteiger charge is -2.17. The Morgan fingerprint density at radius 2 is 2.06 bits per heavy atom. The molecule has 6 N–H and O–H groups in total. The first-order chi connectivity index (χ1) is 17.2. The van der Waals surface area contributed by atoms with Crippen LogP contribution in [0.25, 0.3) is 22.2 Å². The van der Waals surface area contributed by atoms with E-state index in [1.54, 1.807) is 0 Å². The molecular weight excluding hydrogens is 475 g/mol. The Labute approximate surface area is 204 Å². The van der Waals surface area contributed by atoms with Crippen LogP contribution in [0.5, 0.6) is 0 Å². The number of anilines is 1. The number of aromatic amines is 1. The molecule has 1 aliphatic rings. The van der Waals surface area contributed by atoms with Crippen LogP contribution < -0.4 is 16.4 Å². The van der Waals surface area contributed by atoms with Crippen molar-refractivity contribution in [3.05, 3.63) is 41.2 Å². The van der Waals surface area contributed by atoms with E-state index in [4.69, 9.17) is 5.73 Å². The van der Waals surface area contributed by atoms with Crippen LogP contribution in [0.3, 0.4) is 0 Å². The van der Waals surface area contributed by atoms with Crippen molar-refractivity contribution in [1.29, 1.82) is 5.26 Å². The number of nitrogens with zero attached hydrogens (tertiary/aromatic N) is 3. The Kier molecular flexibility index (Phi) is 7.42. The van der Waals surface area contributed by atoms with Gasteiger partial charge in [0, 0.05) is 35.4 Å². The normalized spacial score (nSPS) is 17.9. The molecule has 0 radical (unpaired) electrons. The molecule has 1 fully saturated rings. The molecule has 12 heteroatoms. The molecule has 9 nitrogen and oxygen atoms in total. The molecule has 0 bridgehead atoms. The number of unbranched alkanes of at least 4 members (excludes halogenated alkanes) is 1. The molecule has 0 unspecified atom stereocenters. The molecule has 0 spiro atoms. The second-order valence-electron chi connectivity index (χ2n) is 8.78. The topological polar surface area (TPSA) is 153 Å². The Bertz CT molecular complexity index is 1300. The molecule has 4 rings (SSSR count). The molecule has 1 aromatic carbocycles. The van der Waals surface area contributed by atoms with Gasteiger partial charge in [-0.1, -0.05) is 6.07 Å². The highest BCUT2D eigenvalue weighted by Crippen LogP contribution is 2.39. The van der Waals surface area contributed by atoms with Crippen molar-refractivity contribution in [1.82, 2.24) is 20.3 Å². The highest BCUT2D eigenvalue weighted by atomic mass is 19.4. The van der Waals surface area contributed by atoms with Gasteiger partial charge in [0.15, 0.2) is 0 Å². The van der Waals surface area contributed by atoms with E-state index < -0.39 is 17.7 Å². The average Bonchev–Trinajstić information content (AvgIpc) is 3.47. The summed E-state index contributed by atoms with van der Waals surface area (Å²) in [7, 11) is 0. The van der Waals surface area contributed by atoms with Crippen molar-refractivity contribution in [2.75, 3.05) is 18.4 Å². The standard InChI is InChI=1S/C24H26F3N7O2/c25-24(26,27)19-12-32-23(33-14-4-3-13(9-14)30-8-2-1-7-28)34-21(19)18-11-31-20-15(18)5-6-16(22(35)36)17(20)10-29/h5-6,11-14,30-31H,1-4,7-9,28H2,(H,35,36)(H,32,33,34)/t13-,14-/m0/s1. The Hall–Kier alpha value is -3.69. The summed E-state index contributed by atoms with van der Waals surface area (Å²) < 4.78 is 41.6. The summed E-state index contributed by atoms with van der Waals surface area (Å²) in [6.45, 7) is 1.52. The summed E-state index contributed by atoms with van der Waals surface area (Å²) in [5, 5.41) is 25.7. The third-order valence-electron chi connectivity index (χ3n) is 6.38. The lowest BCUT2D eigenvalue weighted by atomic mass is 10.0. The Balaban J connectivity index is 1.64. The molecular formula is C24H26F3N7O2. The number of alkyl halides is 3. The van der Waals surface area contributed by atoms with Gasteiger partial charge < -0.3 is 26.5 Å². The minimum Gasteiger partial charge on any atom is -0.478 e. The highest BCUT2D eigenvalue weighted by molar-refractivity contribution is 6.03. The Morgan fingerprint density at radius 1 is 1.28 bits per heavy atom. The number of benzene rings is 1. The number of H-pyrrole nitrogens is 1. The van der Waals surface area contributed by atoms with Gasteiger partial charge in [-0.25, -0.2) is 14.8 Å². The number of carboxylic acids is 1. The molecule has 2 aromatic heterocycles. The van der Waals surface area contributed by atoms with Crippen LogP contribution in [0.1, 0.15) is 53.6 Å². The first-order valence-corrected chi connectivity index (χ1v) is 11.6. The second kappa shape index (κ2) is 10.5. The molecule has 36 heavy (non-hydrogen) atoms. The van der Waals surface area contributed by atoms with Gasteiger partial charge in [-0.2, -0.15) is 18.4 Å². The summed E-state index contributed by atoms with van der Waals surface area (Å²) in [6, 6.07) is 4.71. The largest absolute Gasteiger partial charge is 0.478 e. The first kappa shape index (κ1) is 25.4. The number of halogens is 3. The van der Waals surface area contributed by atoms with Gasteiger partial charge in [0.1, 0.15) is 11.6 Å². The maximum atomic E-state index is 13.9. The number of rotatable bonds is 9. The molecule has 0 aliphatic heterocycles. The van der Waals surface area contributed by atoms with E-state index in [2.05, 4.69) is 25.6 Å². The van der Waals surface area contributed by atoms with Crippen LogP contribution in [0.15, 0.2) is 24.5 Å². The highest BCUT2D eigenvalue weighted by Gasteiger charge is 2.36. The quantitative estimate of drug-likeness (QED) is 0.277. The maximum Gasteiger partial charge on any atom is 0.419 e. The Morgan fingerprint density at radius 3 is 2.75 bits per heavy atom. The first-order valence-electron chi connectivity index (χ1n) is 11.6. The van der Waals surface area contributed by atoms with Gasteiger partial charge in [-0.3, -0.25) is 0 Å². The van der Waals surface area contributed by atoms with Crippen LogP contribution in [-0.4, -0.2) is 51.2 Å². The van der Waals surface area contributed by atoms with Crippen LogP contribution in [0.2, 0.25) is 0 Å². The monoisotopic (exact) mass is 501 g/mol. The predicted octanol–water partition coefficient (Wildman–Crippen LogP) is 3.88. The van der Waals surface area contributed by atoms with Gasteiger partial charge in [0.05, 0.1) is 22.3 Å². The number of hydrogen-bond donors (Lipinski definition) is 5. The fourth-order valence-corrected chi connectivity index (χ4v) is 4.61. The van der Waals surface area contributed by atoms with E-state index in [-0.39, 0.29) is 45.3 Å². The maximum absolute atomic E-state index is 13.9. The van der Waals surface area contributed by atoms with Gasteiger partial charge in [0.25, 0.3) is 0 Å². The molecule has 1 saturated carbocycles. The SMILES string of the molecule is N#Cc1c(C(=O)O)ccc2c(-c3nc(N[C@H]4CC[C@H](NCCCCN)C4)ncc3C(F)(F)F)c[nH]c12. The van der Waals surface area contributed by atoms with Gasteiger partial charge >= 0.3 is 12.1 Å². The summed E-state index contributed by atoms with van der Waals surface area (Å²) in [6.07, 6.45) is 1.81. The average molecular weight is 502 g/mol. The number of carboxylic acid groups (broad SMARTS) is 1. The second-order valence-corrected chi connectivity index (χ2v) is 8.78. The lowest BCUT2D eigenvalue weighted by Crippen LogP contribution is -2.29. The van der Waals surface area contributed by atoms with Gasteiger partial charge in [-0.15, -0.1) is 0 Å². The molecule has 2 heterocycles. The summed E-state index contributed by atoms with van der Waals surface area (Å²) in [5.41, 5.74) is 3.96. The molecule has 0 saturated heterocycles. The van der Waals surface area contributed by atoms with Crippen LogP contribution in [0.4, 0.5) is 19.1 Å². The van der Waals surface area contributed by atoms with Crippen LogP contribution in [0, 0.1) is 11.3 Å². The number of nitriles is 1. The third kappa shape index (κ3) is 5.27. The fraction of sp³-hybridized carbons (Fsp3) is 0.417. The molecule has 0 amide bonds. The zero-order chi connectivity index (χ0) is 25.9. The van der Waals surface area contributed by atoms with Crippen molar-refractivity contribution in [2.24, 2.45) is 5.73 Å². The van der Waals surface area contributed by atoms with E-state index in [0.29, 0.717) is 12.6 Å². The van der Waals surface area contributed by atoms with Crippen molar-refractivity contribution >= 4 is 22.8 Å². The lowest BCUT2D eigenvalue weighted by molar-refractivity contribution is -0.137. The van der Waals surface area contributed by atoms with E-state index >= 15 is 0 Å². The zero-order valence-electron chi connectivity index (χ0n) is 19.3. The number of carbonyl (C=O) groups is 1. The van der Waals surface area contributed by atoms with E-state index in [9.17, 15) is 28.3 Å². The molecule has 3 aromatic rings. The number of nitrogens with one attached hydrogen (secondary N) is 3. The van der Waals surface area contributed by atoms with Gasteiger partial charge in [-0.05, 0) is 51.3 Å². The zero-order valence-corrected chi connectivity index (χ0v) is 19.3. The minimum atomic E-state index is -4.72. The number of fused-ring (bicyclic) bond motifs is 1. The van der Waals surface area contributed by atoms with E-state index in [1.807, 2.05) is 6.07 Å². The number of hydrogen-bond acceptors (Lipinski definition) is 7. The van der Waals surface area contributed by atoms with Crippen molar-refractivity contribution in [2.45, 2.75) is 50.4 Å².